The van der Waals surface area contributed by atoms with Gasteiger partial charge in [0.15, 0.2) is 0 Å². The first kappa shape index (κ1) is 16.9. The highest BCUT2D eigenvalue weighted by Crippen LogP contribution is 2.17. The van der Waals surface area contributed by atoms with Crippen molar-refractivity contribution in [2.24, 2.45) is 5.41 Å². The van der Waals surface area contributed by atoms with E-state index < -0.39 is 0 Å². The van der Waals surface area contributed by atoms with Gasteiger partial charge in [0, 0.05) is 19.0 Å². The van der Waals surface area contributed by atoms with Crippen molar-refractivity contribution in [1.82, 2.24) is 16.0 Å². The fourth-order valence-corrected chi connectivity index (χ4v) is 1.47. The monoisotopic (exact) mass is 257 g/mol. The summed E-state index contributed by atoms with van der Waals surface area (Å²) in [4.78, 5) is 23.0. The zero-order valence-electron chi connectivity index (χ0n) is 12.2. The van der Waals surface area contributed by atoms with Crippen molar-refractivity contribution in [2.45, 2.75) is 47.1 Å². The van der Waals surface area contributed by atoms with E-state index in [9.17, 15) is 9.59 Å². The minimum Gasteiger partial charge on any atom is -0.353 e. The quantitative estimate of drug-likeness (QED) is 0.627. The van der Waals surface area contributed by atoms with E-state index in [-0.39, 0.29) is 29.8 Å². The lowest BCUT2D eigenvalue weighted by molar-refractivity contribution is -0.127. The van der Waals surface area contributed by atoms with Gasteiger partial charge in [-0.05, 0) is 18.9 Å². The number of carbonyl (C=O) groups excluding carboxylic acids is 2. The van der Waals surface area contributed by atoms with Crippen LogP contribution in [0, 0.1) is 5.41 Å². The van der Waals surface area contributed by atoms with E-state index in [1.165, 1.54) is 0 Å². The van der Waals surface area contributed by atoms with Crippen molar-refractivity contribution in [3.63, 3.8) is 0 Å². The standard InChI is InChI=1S/C13H27N3O2/c1-6-14-10(2)8-15-12(18)9-16-11(17)7-13(3,4)5/h10,14H,6-9H2,1-5H3,(H,15,18)(H,16,17)/t10-/m1/s1. The average Bonchev–Trinajstić information content (AvgIpc) is 2.21. The zero-order valence-corrected chi connectivity index (χ0v) is 12.2. The number of rotatable bonds is 7. The van der Waals surface area contributed by atoms with Gasteiger partial charge in [0.05, 0.1) is 6.54 Å². The van der Waals surface area contributed by atoms with Crippen molar-refractivity contribution < 1.29 is 9.59 Å². The second-order valence-corrected chi connectivity index (χ2v) is 5.78. The van der Waals surface area contributed by atoms with Gasteiger partial charge < -0.3 is 16.0 Å². The lowest BCUT2D eigenvalue weighted by Crippen LogP contribution is -2.43. The van der Waals surface area contributed by atoms with Crippen LogP contribution in [0.25, 0.3) is 0 Å². The normalized spacial score (nSPS) is 12.9. The zero-order chi connectivity index (χ0) is 14.2. The predicted molar refractivity (Wildman–Crippen MR) is 73.2 cm³/mol. The number of hydrogen-bond donors (Lipinski definition) is 3. The van der Waals surface area contributed by atoms with Crippen LogP contribution in [-0.4, -0.2) is 37.5 Å². The van der Waals surface area contributed by atoms with E-state index in [0.717, 1.165) is 6.54 Å². The summed E-state index contributed by atoms with van der Waals surface area (Å²) in [6.45, 7) is 11.5. The first-order valence-electron chi connectivity index (χ1n) is 6.51. The van der Waals surface area contributed by atoms with Crippen LogP contribution in [0.1, 0.15) is 41.0 Å². The molecule has 3 N–H and O–H groups in total. The fourth-order valence-electron chi connectivity index (χ4n) is 1.47. The second kappa shape index (κ2) is 8.08. The van der Waals surface area contributed by atoms with E-state index in [4.69, 9.17) is 0 Å². The molecule has 0 rings (SSSR count). The molecule has 0 aromatic carbocycles. The Balaban J connectivity index is 3.74. The SMILES string of the molecule is CCN[C@H](C)CNC(=O)CNC(=O)CC(C)(C)C. The van der Waals surface area contributed by atoms with Gasteiger partial charge in [-0.1, -0.05) is 27.7 Å². The first-order chi connectivity index (χ1) is 8.24. The Morgan fingerprint density at radius 2 is 1.72 bits per heavy atom. The second-order valence-electron chi connectivity index (χ2n) is 5.78. The van der Waals surface area contributed by atoms with Crippen molar-refractivity contribution in [3.8, 4) is 0 Å². The molecule has 0 aromatic heterocycles. The van der Waals surface area contributed by atoms with Crippen molar-refractivity contribution >= 4 is 11.8 Å². The lowest BCUT2D eigenvalue weighted by atomic mass is 9.92. The van der Waals surface area contributed by atoms with E-state index in [1.54, 1.807) is 0 Å². The molecule has 0 unspecified atom stereocenters. The highest BCUT2D eigenvalue weighted by Gasteiger charge is 2.16. The molecule has 0 bridgehead atoms. The van der Waals surface area contributed by atoms with Crippen LogP contribution < -0.4 is 16.0 Å². The van der Waals surface area contributed by atoms with Crippen LogP contribution in [0.2, 0.25) is 0 Å². The summed E-state index contributed by atoms with van der Waals surface area (Å²) in [6.07, 6.45) is 0.425. The Morgan fingerprint density at radius 1 is 1.11 bits per heavy atom. The highest BCUT2D eigenvalue weighted by molar-refractivity contribution is 5.84. The Bertz CT molecular complexity index is 272. The summed E-state index contributed by atoms with van der Waals surface area (Å²) in [5, 5.41) is 8.59. The molecular formula is C13H27N3O2. The molecule has 0 saturated carbocycles. The lowest BCUT2D eigenvalue weighted by Gasteiger charge is -2.17. The molecule has 0 aliphatic carbocycles. The summed E-state index contributed by atoms with van der Waals surface area (Å²) >= 11 is 0. The van der Waals surface area contributed by atoms with Gasteiger partial charge >= 0.3 is 0 Å². The van der Waals surface area contributed by atoms with Crippen LogP contribution >= 0.6 is 0 Å². The number of nitrogens with one attached hydrogen (secondary N) is 3. The molecule has 0 spiro atoms. The van der Waals surface area contributed by atoms with Crippen LogP contribution in [-0.2, 0) is 9.59 Å². The van der Waals surface area contributed by atoms with Crippen molar-refractivity contribution in [3.05, 3.63) is 0 Å². The summed E-state index contributed by atoms with van der Waals surface area (Å²) in [7, 11) is 0. The van der Waals surface area contributed by atoms with E-state index in [0.29, 0.717) is 13.0 Å². The molecular weight excluding hydrogens is 230 g/mol. The molecule has 0 heterocycles. The van der Waals surface area contributed by atoms with Gasteiger partial charge in [-0.3, -0.25) is 9.59 Å². The molecule has 5 nitrogen and oxygen atoms in total. The highest BCUT2D eigenvalue weighted by atomic mass is 16.2. The van der Waals surface area contributed by atoms with Crippen LogP contribution in [0.4, 0.5) is 0 Å². The molecule has 0 aliphatic heterocycles. The number of carbonyl (C=O) groups is 2. The van der Waals surface area contributed by atoms with Gasteiger partial charge in [0.1, 0.15) is 0 Å². The molecule has 106 valence electrons. The van der Waals surface area contributed by atoms with E-state index >= 15 is 0 Å². The predicted octanol–water partition coefficient (Wildman–Crippen LogP) is 0.653. The molecule has 2 amide bonds. The Hall–Kier alpha value is -1.10. The van der Waals surface area contributed by atoms with Crippen molar-refractivity contribution in [2.75, 3.05) is 19.6 Å². The Morgan fingerprint density at radius 3 is 2.22 bits per heavy atom. The maximum Gasteiger partial charge on any atom is 0.239 e. The van der Waals surface area contributed by atoms with Gasteiger partial charge in [-0.2, -0.15) is 0 Å². The third-order valence-electron chi connectivity index (χ3n) is 2.30. The number of likely N-dealkylation sites (N-methyl/N-ethyl adjacent to an activating group) is 1. The van der Waals surface area contributed by atoms with Crippen molar-refractivity contribution in [1.29, 1.82) is 0 Å². The van der Waals surface area contributed by atoms with Gasteiger partial charge in [0.25, 0.3) is 0 Å². The van der Waals surface area contributed by atoms with Crippen LogP contribution in [0.3, 0.4) is 0 Å². The molecule has 0 fully saturated rings. The molecule has 0 saturated heterocycles. The molecule has 1 atom stereocenters. The maximum atomic E-state index is 11.5. The summed E-state index contributed by atoms with van der Waals surface area (Å²) < 4.78 is 0. The van der Waals surface area contributed by atoms with E-state index in [1.807, 2.05) is 34.6 Å². The molecule has 0 radical (unpaired) electrons. The molecule has 5 heteroatoms. The molecule has 0 aliphatic rings. The number of hydrogen-bond acceptors (Lipinski definition) is 3. The van der Waals surface area contributed by atoms with Crippen LogP contribution in [0.5, 0.6) is 0 Å². The fraction of sp³-hybridized carbons (Fsp3) is 0.846. The minimum atomic E-state index is -0.151. The Labute approximate surface area is 110 Å². The largest absolute Gasteiger partial charge is 0.353 e. The van der Waals surface area contributed by atoms with E-state index in [2.05, 4.69) is 16.0 Å². The Kier molecular flexibility index (Phi) is 7.59. The first-order valence-corrected chi connectivity index (χ1v) is 6.51. The molecule has 0 aromatic rings. The van der Waals surface area contributed by atoms with Gasteiger partial charge in [-0.25, -0.2) is 0 Å². The minimum absolute atomic E-state index is 0.0494. The third-order valence-corrected chi connectivity index (χ3v) is 2.30. The average molecular weight is 257 g/mol. The smallest absolute Gasteiger partial charge is 0.239 e. The van der Waals surface area contributed by atoms with Gasteiger partial charge in [-0.15, -0.1) is 0 Å². The van der Waals surface area contributed by atoms with Crippen LogP contribution in [0.15, 0.2) is 0 Å². The maximum absolute atomic E-state index is 11.5. The summed E-state index contributed by atoms with van der Waals surface area (Å²) in [5.74, 6) is -0.237. The third kappa shape index (κ3) is 10.1. The summed E-state index contributed by atoms with van der Waals surface area (Å²) in [6, 6.07) is 0.240. The number of amides is 2. The molecule has 18 heavy (non-hydrogen) atoms. The topological polar surface area (TPSA) is 70.2 Å². The van der Waals surface area contributed by atoms with Gasteiger partial charge in [0.2, 0.25) is 11.8 Å². The summed E-state index contributed by atoms with van der Waals surface area (Å²) in [5.41, 5.74) is -0.0554.